The topological polar surface area (TPSA) is 90.7 Å². The smallest absolute Gasteiger partial charge is 0.269 e. The van der Waals surface area contributed by atoms with Crippen molar-refractivity contribution >= 4 is 11.5 Å². The van der Waals surface area contributed by atoms with Gasteiger partial charge in [-0.15, -0.1) is 0 Å². The van der Waals surface area contributed by atoms with Crippen LogP contribution in [0.4, 0.5) is 5.69 Å². The Labute approximate surface area is 145 Å². The molecule has 2 rings (SSSR count). The van der Waals surface area contributed by atoms with Gasteiger partial charge in [-0.2, -0.15) is 0 Å². The Balaban J connectivity index is 1.82. The Morgan fingerprint density at radius 3 is 2.36 bits per heavy atom. The molecule has 0 unspecified atom stereocenters. The molecule has 0 saturated heterocycles. The second-order valence-electron chi connectivity index (χ2n) is 5.34. The first kappa shape index (κ1) is 18.4. The van der Waals surface area contributed by atoms with E-state index < -0.39 is 4.92 Å². The van der Waals surface area contributed by atoms with Crippen LogP contribution in [-0.2, 0) is 6.42 Å². The molecule has 0 fully saturated rings. The summed E-state index contributed by atoms with van der Waals surface area (Å²) in [6.07, 6.45) is 0.730. The number of nitro groups is 1. The fraction of sp³-hybridized carbons (Fsp3) is 0.278. The zero-order chi connectivity index (χ0) is 18.2. The largest absolute Gasteiger partial charge is 0.493 e. The van der Waals surface area contributed by atoms with E-state index in [4.69, 9.17) is 9.47 Å². The maximum absolute atomic E-state index is 12.1. The van der Waals surface area contributed by atoms with E-state index in [1.54, 1.807) is 14.2 Å². The Bertz CT molecular complexity index is 744. The third-order valence-electron chi connectivity index (χ3n) is 3.72. The maximum Gasteiger partial charge on any atom is 0.269 e. The van der Waals surface area contributed by atoms with Gasteiger partial charge in [-0.3, -0.25) is 14.9 Å². The van der Waals surface area contributed by atoms with Gasteiger partial charge in [0.25, 0.3) is 5.69 Å². The molecular formula is C18H20N2O5. The van der Waals surface area contributed by atoms with Gasteiger partial charge in [0.05, 0.1) is 25.7 Å². The molecule has 0 aliphatic heterocycles. The fourth-order valence-corrected chi connectivity index (χ4v) is 2.34. The molecule has 0 saturated carbocycles. The number of hydrogen-bond acceptors (Lipinski definition) is 6. The van der Waals surface area contributed by atoms with E-state index in [9.17, 15) is 14.9 Å². The molecular weight excluding hydrogens is 324 g/mol. The van der Waals surface area contributed by atoms with E-state index in [-0.39, 0.29) is 18.0 Å². The first-order chi connectivity index (χ1) is 12.0. The normalized spacial score (nSPS) is 10.3. The third kappa shape index (κ3) is 5.02. The molecule has 25 heavy (non-hydrogen) atoms. The lowest BCUT2D eigenvalue weighted by Crippen LogP contribution is -2.25. The average molecular weight is 344 g/mol. The molecule has 0 amide bonds. The number of benzene rings is 2. The van der Waals surface area contributed by atoms with Crippen LogP contribution >= 0.6 is 0 Å². The molecule has 0 radical (unpaired) electrons. The summed E-state index contributed by atoms with van der Waals surface area (Å²) < 4.78 is 10.5. The van der Waals surface area contributed by atoms with Crippen LogP contribution in [0.2, 0.25) is 0 Å². The van der Waals surface area contributed by atoms with Crippen molar-refractivity contribution < 1.29 is 19.2 Å². The number of methoxy groups -OCH3 is 2. The summed E-state index contributed by atoms with van der Waals surface area (Å²) in [5.74, 6) is 1.23. The third-order valence-corrected chi connectivity index (χ3v) is 3.72. The predicted molar refractivity (Wildman–Crippen MR) is 93.5 cm³/mol. The highest BCUT2D eigenvalue weighted by molar-refractivity contribution is 5.97. The minimum absolute atomic E-state index is 0.0297. The summed E-state index contributed by atoms with van der Waals surface area (Å²) in [4.78, 5) is 22.2. The van der Waals surface area contributed by atoms with Gasteiger partial charge in [0.2, 0.25) is 0 Å². The van der Waals surface area contributed by atoms with E-state index in [1.807, 2.05) is 18.2 Å². The summed E-state index contributed by atoms with van der Waals surface area (Å²) in [6.45, 7) is 0.791. The Morgan fingerprint density at radius 2 is 1.76 bits per heavy atom. The first-order valence-corrected chi connectivity index (χ1v) is 7.74. The molecule has 0 aliphatic rings. The summed E-state index contributed by atoms with van der Waals surface area (Å²) in [6, 6.07) is 11.3. The lowest BCUT2D eigenvalue weighted by Gasteiger charge is -2.10. The van der Waals surface area contributed by atoms with Crippen LogP contribution in [-0.4, -0.2) is 38.0 Å². The van der Waals surface area contributed by atoms with Crippen molar-refractivity contribution in [2.24, 2.45) is 0 Å². The SMILES string of the molecule is COc1ccc(CCNCC(=O)c2ccc([N+](=O)[O-])cc2)cc1OC. The number of nitrogens with zero attached hydrogens (tertiary/aromatic N) is 1. The highest BCUT2D eigenvalue weighted by atomic mass is 16.6. The molecule has 1 N–H and O–H groups in total. The minimum atomic E-state index is -0.490. The van der Waals surface area contributed by atoms with Crippen LogP contribution in [0.25, 0.3) is 0 Å². The molecule has 0 aromatic heterocycles. The van der Waals surface area contributed by atoms with Gasteiger partial charge in [0, 0.05) is 17.7 Å². The van der Waals surface area contributed by atoms with E-state index in [2.05, 4.69) is 5.32 Å². The molecule has 132 valence electrons. The van der Waals surface area contributed by atoms with Crippen LogP contribution in [0.15, 0.2) is 42.5 Å². The number of hydrogen-bond donors (Lipinski definition) is 1. The van der Waals surface area contributed by atoms with Crippen molar-refractivity contribution in [3.63, 3.8) is 0 Å². The predicted octanol–water partition coefficient (Wildman–Crippen LogP) is 2.63. The van der Waals surface area contributed by atoms with Gasteiger partial charge in [-0.25, -0.2) is 0 Å². The number of ketones is 1. The number of rotatable bonds is 9. The lowest BCUT2D eigenvalue weighted by atomic mass is 10.1. The Kier molecular flexibility index (Phi) is 6.47. The molecule has 7 heteroatoms. The number of non-ortho nitro benzene ring substituents is 1. The van der Waals surface area contributed by atoms with Crippen molar-refractivity contribution in [1.29, 1.82) is 0 Å². The van der Waals surface area contributed by atoms with Crippen LogP contribution < -0.4 is 14.8 Å². The van der Waals surface area contributed by atoms with E-state index in [1.165, 1.54) is 24.3 Å². The molecule has 2 aromatic rings. The minimum Gasteiger partial charge on any atom is -0.493 e. The number of nitrogens with one attached hydrogen (secondary N) is 1. The van der Waals surface area contributed by atoms with E-state index >= 15 is 0 Å². The first-order valence-electron chi connectivity index (χ1n) is 7.74. The molecule has 7 nitrogen and oxygen atoms in total. The lowest BCUT2D eigenvalue weighted by molar-refractivity contribution is -0.384. The zero-order valence-corrected chi connectivity index (χ0v) is 14.2. The zero-order valence-electron chi connectivity index (χ0n) is 14.2. The van der Waals surface area contributed by atoms with Crippen molar-refractivity contribution in [2.75, 3.05) is 27.3 Å². The van der Waals surface area contributed by atoms with Crippen molar-refractivity contribution in [3.8, 4) is 11.5 Å². The molecule has 2 aromatic carbocycles. The maximum atomic E-state index is 12.1. The summed E-state index contributed by atoms with van der Waals surface area (Å²) in [5, 5.41) is 13.7. The molecule has 0 atom stereocenters. The Hall–Kier alpha value is -2.93. The van der Waals surface area contributed by atoms with Crippen molar-refractivity contribution in [3.05, 3.63) is 63.7 Å². The van der Waals surface area contributed by atoms with Gasteiger partial charge in [-0.1, -0.05) is 6.07 Å². The van der Waals surface area contributed by atoms with Crippen LogP contribution in [0.5, 0.6) is 11.5 Å². The highest BCUT2D eigenvalue weighted by Gasteiger charge is 2.09. The molecule has 0 heterocycles. The van der Waals surface area contributed by atoms with Gasteiger partial charge >= 0.3 is 0 Å². The van der Waals surface area contributed by atoms with Gasteiger partial charge in [0.1, 0.15) is 0 Å². The van der Waals surface area contributed by atoms with Crippen LogP contribution in [0, 0.1) is 10.1 Å². The summed E-state index contributed by atoms with van der Waals surface area (Å²) in [7, 11) is 3.17. The standard InChI is InChI=1S/C18H20N2O5/c1-24-17-8-3-13(11-18(17)25-2)9-10-19-12-16(21)14-4-6-15(7-5-14)20(22)23/h3-8,11,19H,9-10,12H2,1-2H3. The van der Waals surface area contributed by atoms with Crippen LogP contribution in [0.1, 0.15) is 15.9 Å². The number of carbonyl (C=O) groups excluding carboxylic acids is 1. The fourth-order valence-electron chi connectivity index (χ4n) is 2.34. The van der Waals surface area contributed by atoms with Crippen molar-refractivity contribution in [2.45, 2.75) is 6.42 Å². The van der Waals surface area contributed by atoms with Gasteiger partial charge in [0.15, 0.2) is 17.3 Å². The highest BCUT2D eigenvalue weighted by Crippen LogP contribution is 2.27. The van der Waals surface area contributed by atoms with Crippen molar-refractivity contribution in [1.82, 2.24) is 5.32 Å². The Morgan fingerprint density at radius 1 is 1.08 bits per heavy atom. The van der Waals surface area contributed by atoms with E-state index in [0.717, 1.165) is 12.0 Å². The number of nitro benzene ring substituents is 1. The van der Waals surface area contributed by atoms with Gasteiger partial charge < -0.3 is 14.8 Å². The van der Waals surface area contributed by atoms with Crippen LogP contribution in [0.3, 0.4) is 0 Å². The summed E-state index contributed by atoms with van der Waals surface area (Å²) >= 11 is 0. The monoisotopic (exact) mass is 344 g/mol. The van der Waals surface area contributed by atoms with E-state index in [0.29, 0.717) is 23.6 Å². The van der Waals surface area contributed by atoms with Gasteiger partial charge in [-0.05, 0) is 42.8 Å². The second kappa shape index (κ2) is 8.79. The average Bonchev–Trinajstić information content (AvgIpc) is 2.64. The number of Topliss-reactive ketones (excluding diaryl/α,β-unsaturated/α-hetero) is 1. The number of ether oxygens (including phenoxy) is 2. The summed E-state index contributed by atoms with van der Waals surface area (Å²) in [5.41, 5.74) is 1.48. The quantitative estimate of drug-likeness (QED) is 0.325. The molecule has 0 aliphatic carbocycles. The number of carbonyl (C=O) groups is 1. The molecule has 0 bridgehead atoms. The molecule has 0 spiro atoms. The second-order valence-corrected chi connectivity index (χ2v) is 5.34.